The molecule has 0 spiro atoms. The van der Waals surface area contributed by atoms with Gasteiger partial charge in [-0.3, -0.25) is 0 Å². The average molecular weight is 489 g/mol. The van der Waals surface area contributed by atoms with Crippen molar-refractivity contribution < 1.29 is 8.42 Å². The Morgan fingerprint density at radius 3 is 2.57 bits per heavy atom. The first kappa shape index (κ1) is 22.1. The number of hydrogen-bond donors (Lipinski definition) is 2. The van der Waals surface area contributed by atoms with E-state index in [0.717, 1.165) is 68.7 Å². The Balaban J connectivity index is 1.30. The van der Waals surface area contributed by atoms with Gasteiger partial charge in [-0.05, 0) is 73.2 Å². The van der Waals surface area contributed by atoms with Crippen molar-refractivity contribution in [2.45, 2.75) is 30.6 Å². The maximum atomic E-state index is 13.7. The van der Waals surface area contributed by atoms with E-state index >= 15 is 0 Å². The van der Waals surface area contributed by atoms with Gasteiger partial charge in [0.2, 0.25) is 5.95 Å². The third-order valence-corrected chi connectivity index (χ3v) is 8.64. The molecule has 180 valence electrons. The molecule has 0 radical (unpaired) electrons. The highest BCUT2D eigenvalue weighted by molar-refractivity contribution is 7.90. The zero-order valence-electron chi connectivity index (χ0n) is 19.4. The van der Waals surface area contributed by atoms with Gasteiger partial charge in [-0.15, -0.1) is 0 Å². The van der Waals surface area contributed by atoms with Gasteiger partial charge < -0.3 is 15.5 Å². The number of aryl methyl sites for hydroxylation is 1. The highest BCUT2D eigenvalue weighted by atomic mass is 32.2. The molecular weight excluding hydrogens is 460 g/mol. The van der Waals surface area contributed by atoms with Crippen LogP contribution in [0.4, 0.5) is 17.3 Å². The minimum absolute atomic E-state index is 0.359. The van der Waals surface area contributed by atoms with Gasteiger partial charge in [-0.2, -0.15) is 4.98 Å². The molecule has 4 aromatic rings. The largest absolute Gasteiger partial charge is 0.369 e. The Kier molecular flexibility index (Phi) is 5.66. The molecule has 35 heavy (non-hydrogen) atoms. The first-order valence-corrected chi connectivity index (χ1v) is 13.6. The summed E-state index contributed by atoms with van der Waals surface area (Å²) in [5, 5.41) is 7.27. The van der Waals surface area contributed by atoms with Crippen LogP contribution in [0.5, 0.6) is 0 Å². The summed E-state index contributed by atoms with van der Waals surface area (Å²) >= 11 is 0. The van der Waals surface area contributed by atoms with E-state index in [-0.39, 0.29) is 0 Å². The van der Waals surface area contributed by atoms with Crippen LogP contribution in [0.1, 0.15) is 24.0 Å². The molecule has 1 fully saturated rings. The normalized spacial score (nSPS) is 16.3. The van der Waals surface area contributed by atoms with Gasteiger partial charge in [-0.1, -0.05) is 12.1 Å². The van der Waals surface area contributed by atoms with E-state index in [9.17, 15) is 8.42 Å². The summed E-state index contributed by atoms with van der Waals surface area (Å²) in [6, 6.07) is 15.5. The summed E-state index contributed by atoms with van der Waals surface area (Å²) in [7, 11) is -3.78. The molecule has 0 amide bonds. The number of nitrogens with one attached hydrogen (secondary N) is 2. The van der Waals surface area contributed by atoms with Gasteiger partial charge in [0, 0.05) is 55.3 Å². The van der Waals surface area contributed by atoms with E-state index in [1.54, 1.807) is 24.5 Å². The van der Waals surface area contributed by atoms with Crippen LogP contribution in [0.3, 0.4) is 0 Å². The summed E-state index contributed by atoms with van der Waals surface area (Å²) in [6.07, 6.45) is 7.05. The lowest BCUT2D eigenvalue weighted by Crippen LogP contribution is -2.43. The average Bonchev–Trinajstić information content (AvgIpc) is 3.33. The van der Waals surface area contributed by atoms with Crippen LogP contribution in [0.2, 0.25) is 0 Å². The Labute approximate surface area is 205 Å². The van der Waals surface area contributed by atoms with Crippen LogP contribution >= 0.6 is 0 Å². The predicted octanol–water partition coefficient (Wildman–Crippen LogP) is 3.70. The lowest BCUT2D eigenvalue weighted by atomic mass is 9.92. The maximum Gasteiger partial charge on any atom is 0.269 e. The third kappa shape index (κ3) is 4.15. The molecule has 1 aliphatic heterocycles. The Morgan fingerprint density at radius 2 is 1.74 bits per heavy atom. The van der Waals surface area contributed by atoms with E-state index in [1.165, 1.54) is 9.66 Å². The molecule has 0 atom stereocenters. The third-order valence-electron chi connectivity index (χ3n) is 6.89. The number of aromatic nitrogens is 3. The van der Waals surface area contributed by atoms with Crippen molar-refractivity contribution in [1.82, 2.24) is 19.3 Å². The van der Waals surface area contributed by atoms with Gasteiger partial charge in [0.05, 0.1) is 4.90 Å². The van der Waals surface area contributed by atoms with Crippen LogP contribution in [-0.2, 0) is 22.9 Å². The van der Waals surface area contributed by atoms with Crippen molar-refractivity contribution in [2.75, 3.05) is 36.4 Å². The van der Waals surface area contributed by atoms with Crippen molar-refractivity contribution in [3.8, 4) is 0 Å². The number of piperazine rings is 1. The molecule has 1 aliphatic carbocycles. The number of rotatable bonds is 5. The van der Waals surface area contributed by atoms with E-state index < -0.39 is 10.0 Å². The predicted molar refractivity (Wildman–Crippen MR) is 138 cm³/mol. The molecule has 3 heterocycles. The standard InChI is InChI=1S/C26H28N6O2S/c33-35(34,24-7-3-5-19-4-1-2-6-23(19)24)32-15-12-20-18-28-26(30-25(20)32)29-21-8-10-22(11-9-21)31-16-13-27-14-17-31/h3,5,7-12,15,18,27H,1-2,4,6,13-14,16-17H2,(H,28,29,30). The van der Waals surface area contributed by atoms with Crippen LogP contribution in [-0.4, -0.2) is 48.5 Å². The van der Waals surface area contributed by atoms with Crippen LogP contribution in [0, 0.1) is 0 Å². The second kappa shape index (κ2) is 8.98. The van der Waals surface area contributed by atoms with E-state index in [1.807, 2.05) is 24.3 Å². The molecule has 2 aromatic heterocycles. The summed E-state index contributed by atoms with van der Waals surface area (Å²) in [4.78, 5) is 11.7. The molecule has 2 aromatic carbocycles. The first-order valence-electron chi connectivity index (χ1n) is 12.1. The first-order chi connectivity index (χ1) is 17.1. The number of fused-ring (bicyclic) bond motifs is 2. The molecule has 0 unspecified atom stereocenters. The molecule has 0 bridgehead atoms. The SMILES string of the molecule is O=S(=O)(c1cccc2c1CCCC2)n1ccc2cnc(Nc3ccc(N4CCNCC4)cc3)nc21. The van der Waals surface area contributed by atoms with Gasteiger partial charge in [0.15, 0.2) is 5.65 Å². The molecule has 2 N–H and O–H groups in total. The second-order valence-electron chi connectivity index (χ2n) is 9.10. The summed E-state index contributed by atoms with van der Waals surface area (Å²) in [5.74, 6) is 0.359. The minimum atomic E-state index is -3.78. The minimum Gasteiger partial charge on any atom is -0.369 e. The zero-order chi connectivity index (χ0) is 23.8. The molecule has 0 saturated carbocycles. The molecule has 1 saturated heterocycles. The smallest absolute Gasteiger partial charge is 0.269 e. The Bertz CT molecular complexity index is 1470. The van der Waals surface area contributed by atoms with Crippen molar-refractivity contribution in [3.63, 3.8) is 0 Å². The van der Waals surface area contributed by atoms with Crippen LogP contribution in [0.25, 0.3) is 11.0 Å². The van der Waals surface area contributed by atoms with E-state index in [0.29, 0.717) is 21.9 Å². The fraction of sp³-hybridized carbons (Fsp3) is 0.308. The number of anilines is 3. The van der Waals surface area contributed by atoms with Crippen molar-refractivity contribution >= 4 is 38.4 Å². The Morgan fingerprint density at radius 1 is 0.943 bits per heavy atom. The van der Waals surface area contributed by atoms with Crippen LogP contribution < -0.4 is 15.5 Å². The highest BCUT2D eigenvalue weighted by Crippen LogP contribution is 2.30. The van der Waals surface area contributed by atoms with Crippen molar-refractivity contribution in [1.29, 1.82) is 0 Å². The highest BCUT2D eigenvalue weighted by Gasteiger charge is 2.26. The fourth-order valence-corrected chi connectivity index (χ4v) is 6.65. The molecular formula is C26H28N6O2S. The summed E-state index contributed by atoms with van der Waals surface area (Å²) in [5.41, 5.74) is 4.47. The molecule has 8 nitrogen and oxygen atoms in total. The molecule has 9 heteroatoms. The monoisotopic (exact) mass is 488 g/mol. The Hall–Kier alpha value is -3.43. The molecule has 6 rings (SSSR count). The summed E-state index contributed by atoms with van der Waals surface area (Å²) in [6.45, 7) is 3.95. The van der Waals surface area contributed by atoms with Gasteiger partial charge in [0.25, 0.3) is 10.0 Å². The van der Waals surface area contributed by atoms with Gasteiger partial charge in [0.1, 0.15) is 0 Å². The van der Waals surface area contributed by atoms with Crippen molar-refractivity contribution in [3.05, 3.63) is 72.1 Å². The second-order valence-corrected chi connectivity index (χ2v) is 10.9. The lowest BCUT2D eigenvalue weighted by molar-refractivity contribution is 0.584. The number of nitrogens with zero attached hydrogens (tertiary/aromatic N) is 4. The van der Waals surface area contributed by atoms with E-state index in [4.69, 9.17) is 0 Å². The quantitative estimate of drug-likeness (QED) is 0.443. The zero-order valence-corrected chi connectivity index (χ0v) is 20.3. The van der Waals surface area contributed by atoms with Gasteiger partial charge >= 0.3 is 0 Å². The topological polar surface area (TPSA) is 92.2 Å². The summed E-state index contributed by atoms with van der Waals surface area (Å²) < 4.78 is 28.7. The number of benzene rings is 2. The van der Waals surface area contributed by atoms with E-state index in [2.05, 4.69) is 37.6 Å². The fourth-order valence-electron chi connectivity index (χ4n) is 5.05. The molecule has 2 aliphatic rings. The van der Waals surface area contributed by atoms with Gasteiger partial charge in [-0.25, -0.2) is 17.4 Å². The van der Waals surface area contributed by atoms with Crippen LogP contribution in [0.15, 0.2) is 65.8 Å². The maximum absolute atomic E-state index is 13.7. The van der Waals surface area contributed by atoms with Crippen molar-refractivity contribution in [2.24, 2.45) is 0 Å². The number of hydrogen-bond acceptors (Lipinski definition) is 7. The lowest BCUT2D eigenvalue weighted by Gasteiger charge is -2.29.